The number of hydrogen-bond acceptors (Lipinski definition) is 8. The van der Waals surface area contributed by atoms with Gasteiger partial charge < -0.3 is 5.73 Å². The quantitative estimate of drug-likeness (QED) is 0.299. The first-order valence-electron chi connectivity index (χ1n) is 9.25. The maximum absolute atomic E-state index is 12.5. The van der Waals surface area contributed by atoms with E-state index >= 15 is 0 Å². The first-order chi connectivity index (χ1) is 13.6. The Balaban J connectivity index is 1.48. The molecule has 144 valence electrons. The third-order valence-corrected chi connectivity index (χ3v) is 8.22. The lowest BCUT2D eigenvalue weighted by atomic mass is 10.1. The topological polar surface area (TPSA) is 86.7 Å². The van der Waals surface area contributed by atoms with Gasteiger partial charge in [-0.2, -0.15) is 0 Å². The molecule has 1 aliphatic rings. The Morgan fingerprint density at radius 2 is 2.07 bits per heavy atom. The molecular formula is C19H19N5OS3. The molecule has 1 aliphatic carbocycles. The molecule has 4 heterocycles. The van der Waals surface area contributed by atoms with E-state index in [1.807, 2.05) is 11.4 Å². The molecule has 0 saturated carbocycles. The van der Waals surface area contributed by atoms with E-state index in [9.17, 15) is 4.79 Å². The van der Waals surface area contributed by atoms with E-state index in [0.717, 1.165) is 28.6 Å². The predicted octanol–water partition coefficient (Wildman–Crippen LogP) is 4.14. The van der Waals surface area contributed by atoms with Crippen molar-refractivity contribution in [1.82, 2.24) is 19.5 Å². The molecule has 0 aromatic carbocycles. The zero-order valence-corrected chi connectivity index (χ0v) is 17.8. The van der Waals surface area contributed by atoms with Gasteiger partial charge in [0, 0.05) is 11.9 Å². The smallest absolute Gasteiger partial charge is 0.271 e. The number of thioether (sulfide) groups is 1. The minimum absolute atomic E-state index is 0.0135. The maximum Gasteiger partial charge on any atom is 0.271 e. The van der Waals surface area contributed by atoms with Crippen molar-refractivity contribution in [1.29, 1.82) is 0 Å². The molecule has 0 bridgehead atoms. The number of nitrogen functional groups attached to an aromatic ring is 1. The summed E-state index contributed by atoms with van der Waals surface area (Å²) >= 11 is 4.65. The summed E-state index contributed by atoms with van der Waals surface area (Å²) in [6.07, 6.45) is 5.91. The predicted molar refractivity (Wildman–Crippen MR) is 118 cm³/mol. The molecule has 9 heteroatoms. The first kappa shape index (κ1) is 18.1. The van der Waals surface area contributed by atoms with Crippen molar-refractivity contribution < 1.29 is 0 Å². The number of aryl methyl sites for hydroxylation is 2. The molecule has 0 radical (unpaired) electrons. The summed E-state index contributed by atoms with van der Waals surface area (Å²) in [5.41, 5.74) is 8.43. The average molecular weight is 430 g/mol. The van der Waals surface area contributed by atoms with Gasteiger partial charge in [-0.1, -0.05) is 18.2 Å². The van der Waals surface area contributed by atoms with Crippen molar-refractivity contribution in [3.8, 4) is 0 Å². The fourth-order valence-electron chi connectivity index (χ4n) is 3.70. The Labute approximate surface area is 173 Å². The van der Waals surface area contributed by atoms with E-state index in [2.05, 4.69) is 9.97 Å². The van der Waals surface area contributed by atoms with Crippen LogP contribution in [0.15, 0.2) is 21.4 Å². The van der Waals surface area contributed by atoms with Crippen molar-refractivity contribution in [3.05, 3.63) is 38.1 Å². The molecule has 0 fully saturated rings. The number of aromatic nitrogens is 4. The van der Waals surface area contributed by atoms with Gasteiger partial charge in [-0.3, -0.25) is 9.36 Å². The van der Waals surface area contributed by atoms with Crippen LogP contribution in [0.1, 0.15) is 35.5 Å². The third-order valence-electron chi connectivity index (χ3n) is 5.12. The standard InChI is InChI=1S/C19H19N5OS3/c1-24-18(25)15-11(7-8-26-15)21-19(24)27-9-13-22-16(20)14-10-5-3-2-4-6-12(10)28-17(14)23-13/h7-8H,2-6,9H2,1H3,(H2,20,22,23). The molecule has 5 rings (SSSR count). The van der Waals surface area contributed by atoms with Crippen LogP contribution in [0.3, 0.4) is 0 Å². The third kappa shape index (κ3) is 3.01. The molecule has 0 unspecified atom stereocenters. The van der Waals surface area contributed by atoms with E-state index in [1.54, 1.807) is 23.0 Å². The molecule has 6 nitrogen and oxygen atoms in total. The number of rotatable bonds is 3. The highest BCUT2D eigenvalue weighted by atomic mass is 32.2. The second-order valence-electron chi connectivity index (χ2n) is 6.95. The number of fused-ring (bicyclic) bond motifs is 4. The molecular weight excluding hydrogens is 410 g/mol. The fourth-order valence-corrected chi connectivity index (χ4v) is 6.62. The Kier molecular flexibility index (Phi) is 4.60. The monoisotopic (exact) mass is 429 g/mol. The first-order valence-corrected chi connectivity index (χ1v) is 11.9. The van der Waals surface area contributed by atoms with Gasteiger partial charge in [0.05, 0.1) is 16.7 Å². The van der Waals surface area contributed by atoms with Gasteiger partial charge in [0.25, 0.3) is 5.56 Å². The Morgan fingerprint density at radius 1 is 1.21 bits per heavy atom. The van der Waals surface area contributed by atoms with Crippen LogP contribution in [-0.2, 0) is 25.6 Å². The summed E-state index contributed by atoms with van der Waals surface area (Å²) in [6, 6.07) is 1.88. The van der Waals surface area contributed by atoms with Crippen molar-refractivity contribution >= 4 is 60.7 Å². The van der Waals surface area contributed by atoms with Gasteiger partial charge in [0.2, 0.25) is 0 Å². The van der Waals surface area contributed by atoms with Crippen molar-refractivity contribution in [2.75, 3.05) is 5.73 Å². The van der Waals surface area contributed by atoms with Crippen molar-refractivity contribution in [2.24, 2.45) is 7.05 Å². The minimum atomic E-state index is -0.0135. The minimum Gasteiger partial charge on any atom is -0.383 e. The van der Waals surface area contributed by atoms with Gasteiger partial charge in [-0.05, 0) is 42.7 Å². The lowest BCUT2D eigenvalue weighted by Gasteiger charge is -2.07. The summed E-state index contributed by atoms with van der Waals surface area (Å²) in [4.78, 5) is 28.8. The van der Waals surface area contributed by atoms with Crippen molar-refractivity contribution in [3.63, 3.8) is 0 Å². The molecule has 0 aliphatic heterocycles. The van der Waals surface area contributed by atoms with Crippen LogP contribution in [0.25, 0.3) is 20.4 Å². The van der Waals surface area contributed by atoms with E-state index in [1.165, 1.54) is 52.8 Å². The highest BCUT2D eigenvalue weighted by Gasteiger charge is 2.19. The molecule has 0 saturated heterocycles. The van der Waals surface area contributed by atoms with E-state index < -0.39 is 0 Å². The van der Waals surface area contributed by atoms with Gasteiger partial charge in [-0.25, -0.2) is 15.0 Å². The summed E-state index contributed by atoms with van der Waals surface area (Å²) in [5, 5.41) is 3.62. The van der Waals surface area contributed by atoms with Crippen LogP contribution in [0.5, 0.6) is 0 Å². The summed E-state index contributed by atoms with van der Waals surface area (Å²) in [6.45, 7) is 0. The second kappa shape index (κ2) is 7.13. The van der Waals surface area contributed by atoms with Gasteiger partial charge in [0.15, 0.2) is 5.16 Å². The van der Waals surface area contributed by atoms with Crippen molar-refractivity contribution in [2.45, 2.75) is 43.0 Å². The summed E-state index contributed by atoms with van der Waals surface area (Å²) < 4.78 is 2.28. The molecule has 0 spiro atoms. The fraction of sp³-hybridized carbons (Fsp3) is 0.368. The van der Waals surface area contributed by atoms with Gasteiger partial charge >= 0.3 is 0 Å². The van der Waals surface area contributed by atoms with Crippen LogP contribution in [0.4, 0.5) is 5.82 Å². The Hall–Kier alpha value is -1.97. The number of anilines is 1. The second-order valence-corrected chi connectivity index (χ2v) is 9.89. The lowest BCUT2D eigenvalue weighted by molar-refractivity contribution is 0.713. The summed E-state index contributed by atoms with van der Waals surface area (Å²) in [5.74, 6) is 1.79. The highest BCUT2D eigenvalue weighted by molar-refractivity contribution is 7.98. The van der Waals surface area contributed by atoms with Crippen LogP contribution >= 0.6 is 34.4 Å². The molecule has 4 aromatic heterocycles. The van der Waals surface area contributed by atoms with Crippen LogP contribution in [0.2, 0.25) is 0 Å². The van der Waals surface area contributed by atoms with Crippen LogP contribution in [0, 0.1) is 0 Å². The van der Waals surface area contributed by atoms with E-state index in [0.29, 0.717) is 27.3 Å². The van der Waals surface area contributed by atoms with Gasteiger partial charge in [0.1, 0.15) is 21.2 Å². The molecule has 28 heavy (non-hydrogen) atoms. The molecule has 0 amide bonds. The summed E-state index contributed by atoms with van der Waals surface area (Å²) in [7, 11) is 1.76. The number of thiophene rings is 2. The normalized spacial score (nSPS) is 14.5. The van der Waals surface area contributed by atoms with Crippen LogP contribution in [-0.4, -0.2) is 19.5 Å². The van der Waals surface area contributed by atoms with E-state index in [4.69, 9.17) is 10.7 Å². The molecule has 0 atom stereocenters. The zero-order chi connectivity index (χ0) is 19.3. The Morgan fingerprint density at radius 3 is 2.96 bits per heavy atom. The lowest BCUT2D eigenvalue weighted by Crippen LogP contribution is -2.18. The van der Waals surface area contributed by atoms with E-state index in [-0.39, 0.29) is 5.56 Å². The van der Waals surface area contributed by atoms with Crippen LogP contribution < -0.4 is 11.3 Å². The SMILES string of the molecule is Cn1c(SCc2nc(N)c3c4c(sc3n2)CCCCC4)nc2ccsc2c1=O. The zero-order valence-electron chi connectivity index (χ0n) is 15.4. The highest BCUT2D eigenvalue weighted by Crippen LogP contribution is 2.37. The average Bonchev–Trinajstić information content (AvgIpc) is 3.22. The largest absolute Gasteiger partial charge is 0.383 e. The number of hydrogen-bond donors (Lipinski definition) is 1. The number of nitrogens with two attached hydrogens (primary N) is 1. The Bertz CT molecular complexity index is 1260. The molecule has 2 N–H and O–H groups in total. The number of nitrogens with zero attached hydrogens (tertiary/aromatic N) is 4. The van der Waals surface area contributed by atoms with Gasteiger partial charge in [-0.15, -0.1) is 22.7 Å². The molecule has 4 aromatic rings. The maximum atomic E-state index is 12.5.